The van der Waals surface area contributed by atoms with E-state index in [1.165, 1.54) is 5.57 Å². The van der Waals surface area contributed by atoms with Crippen LogP contribution in [-0.2, 0) is 0 Å². The maximum absolute atomic E-state index is 12.6. The SMILES string of the molecule is CC1=CCN(C(=O)Nc2cccc(C(=O)N3CCCC3)c2C)CC1. The Morgan fingerprint density at radius 3 is 2.46 bits per heavy atom. The van der Waals surface area contributed by atoms with E-state index in [9.17, 15) is 9.59 Å². The first-order chi connectivity index (χ1) is 11.6. The van der Waals surface area contributed by atoms with Gasteiger partial charge in [0.2, 0.25) is 0 Å². The van der Waals surface area contributed by atoms with Crippen molar-refractivity contribution in [2.45, 2.75) is 33.1 Å². The minimum atomic E-state index is -0.104. The third-order valence-electron chi connectivity index (χ3n) is 4.92. The first kappa shape index (κ1) is 16.6. The summed E-state index contributed by atoms with van der Waals surface area (Å²) in [5.74, 6) is 0.0672. The van der Waals surface area contributed by atoms with E-state index in [-0.39, 0.29) is 11.9 Å². The molecule has 0 unspecified atom stereocenters. The predicted molar refractivity (Wildman–Crippen MR) is 95.3 cm³/mol. The van der Waals surface area contributed by atoms with Crippen LogP contribution in [0.2, 0.25) is 0 Å². The molecule has 2 aliphatic rings. The number of urea groups is 1. The van der Waals surface area contributed by atoms with Gasteiger partial charge in [0.15, 0.2) is 0 Å². The fraction of sp³-hybridized carbons (Fsp3) is 0.474. The van der Waals surface area contributed by atoms with Gasteiger partial charge in [-0.05, 0) is 50.8 Å². The van der Waals surface area contributed by atoms with Crippen LogP contribution in [-0.4, -0.2) is 47.9 Å². The maximum Gasteiger partial charge on any atom is 0.322 e. The molecule has 1 aromatic carbocycles. The van der Waals surface area contributed by atoms with E-state index in [1.807, 2.05) is 30.0 Å². The Morgan fingerprint density at radius 2 is 1.79 bits per heavy atom. The van der Waals surface area contributed by atoms with Crippen molar-refractivity contribution in [3.63, 3.8) is 0 Å². The van der Waals surface area contributed by atoms with Crippen molar-refractivity contribution in [3.05, 3.63) is 41.0 Å². The van der Waals surface area contributed by atoms with Crippen molar-refractivity contribution in [3.8, 4) is 0 Å². The summed E-state index contributed by atoms with van der Waals surface area (Å²) >= 11 is 0. The van der Waals surface area contributed by atoms with Crippen LogP contribution in [0.1, 0.15) is 42.1 Å². The highest BCUT2D eigenvalue weighted by atomic mass is 16.2. The Kier molecular flexibility index (Phi) is 4.88. The Balaban J connectivity index is 1.73. The third-order valence-corrected chi connectivity index (χ3v) is 4.92. The minimum Gasteiger partial charge on any atom is -0.339 e. The summed E-state index contributed by atoms with van der Waals surface area (Å²) in [5, 5.41) is 2.97. The lowest BCUT2D eigenvalue weighted by Gasteiger charge is -2.26. The second-order valence-electron chi connectivity index (χ2n) is 6.65. The number of nitrogens with zero attached hydrogens (tertiary/aromatic N) is 2. The maximum atomic E-state index is 12.6. The van der Waals surface area contributed by atoms with Crippen molar-refractivity contribution in [2.75, 3.05) is 31.5 Å². The fourth-order valence-electron chi connectivity index (χ4n) is 3.24. The van der Waals surface area contributed by atoms with E-state index in [1.54, 1.807) is 4.90 Å². The molecular weight excluding hydrogens is 302 g/mol. The van der Waals surface area contributed by atoms with Crippen LogP contribution in [0.4, 0.5) is 10.5 Å². The number of hydrogen-bond donors (Lipinski definition) is 1. The number of rotatable bonds is 2. The molecule has 1 fully saturated rings. The van der Waals surface area contributed by atoms with E-state index in [0.29, 0.717) is 12.1 Å². The lowest BCUT2D eigenvalue weighted by Crippen LogP contribution is -2.38. The van der Waals surface area contributed by atoms with Gasteiger partial charge >= 0.3 is 6.03 Å². The zero-order chi connectivity index (χ0) is 17.1. The van der Waals surface area contributed by atoms with E-state index in [4.69, 9.17) is 0 Å². The topological polar surface area (TPSA) is 52.7 Å². The van der Waals surface area contributed by atoms with Crippen molar-refractivity contribution in [1.82, 2.24) is 9.80 Å². The minimum absolute atomic E-state index is 0.0672. The molecule has 0 aromatic heterocycles. The number of carbonyl (C=O) groups is 2. The van der Waals surface area contributed by atoms with Crippen LogP contribution in [0.3, 0.4) is 0 Å². The number of benzene rings is 1. The molecule has 24 heavy (non-hydrogen) atoms. The van der Waals surface area contributed by atoms with Crippen molar-refractivity contribution < 1.29 is 9.59 Å². The van der Waals surface area contributed by atoms with Gasteiger partial charge in [-0.2, -0.15) is 0 Å². The smallest absolute Gasteiger partial charge is 0.322 e. The summed E-state index contributed by atoms with van der Waals surface area (Å²) in [4.78, 5) is 28.8. The number of carbonyl (C=O) groups excluding carboxylic acids is 2. The summed E-state index contributed by atoms with van der Waals surface area (Å²) in [5.41, 5.74) is 3.57. The molecule has 5 nitrogen and oxygen atoms in total. The lowest BCUT2D eigenvalue weighted by molar-refractivity contribution is 0.0792. The molecule has 0 saturated carbocycles. The first-order valence-electron chi connectivity index (χ1n) is 8.66. The molecular formula is C19H25N3O2. The second kappa shape index (κ2) is 7.07. The second-order valence-corrected chi connectivity index (χ2v) is 6.65. The van der Waals surface area contributed by atoms with Crippen LogP contribution in [0.5, 0.6) is 0 Å². The average Bonchev–Trinajstić information content (AvgIpc) is 3.11. The van der Waals surface area contributed by atoms with E-state index < -0.39 is 0 Å². The molecule has 2 aliphatic heterocycles. The normalized spacial score (nSPS) is 17.7. The summed E-state index contributed by atoms with van der Waals surface area (Å²) in [6.07, 6.45) is 5.15. The number of hydrogen-bond acceptors (Lipinski definition) is 2. The van der Waals surface area contributed by atoms with Crippen molar-refractivity contribution in [1.29, 1.82) is 0 Å². The molecule has 1 saturated heterocycles. The zero-order valence-corrected chi connectivity index (χ0v) is 14.5. The van der Waals surface area contributed by atoms with Crippen LogP contribution < -0.4 is 5.32 Å². The molecule has 3 rings (SSSR count). The quantitative estimate of drug-likeness (QED) is 0.846. The summed E-state index contributed by atoms with van der Waals surface area (Å²) in [6, 6.07) is 5.44. The number of likely N-dealkylation sites (tertiary alicyclic amines) is 1. The van der Waals surface area contributed by atoms with Crippen LogP contribution in [0.15, 0.2) is 29.8 Å². The highest BCUT2D eigenvalue weighted by molar-refractivity contribution is 5.99. The van der Waals surface area contributed by atoms with Gasteiger partial charge in [-0.1, -0.05) is 17.7 Å². The van der Waals surface area contributed by atoms with Gasteiger partial charge in [0.25, 0.3) is 5.91 Å². The van der Waals surface area contributed by atoms with Gasteiger partial charge in [-0.15, -0.1) is 0 Å². The average molecular weight is 327 g/mol. The highest BCUT2D eigenvalue weighted by Gasteiger charge is 2.23. The van der Waals surface area contributed by atoms with Gasteiger partial charge < -0.3 is 15.1 Å². The lowest BCUT2D eigenvalue weighted by atomic mass is 10.1. The van der Waals surface area contributed by atoms with E-state index >= 15 is 0 Å². The van der Waals surface area contributed by atoms with E-state index in [0.717, 1.165) is 50.1 Å². The summed E-state index contributed by atoms with van der Waals surface area (Å²) in [6.45, 7) is 7.03. The van der Waals surface area contributed by atoms with Crippen molar-refractivity contribution in [2.24, 2.45) is 0 Å². The molecule has 1 N–H and O–H groups in total. The predicted octanol–water partition coefficient (Wildman–Crippen LogP) is 3.41. The fourth-order valence-corrected chi connectivity index (χ4v) is 3.24. The molecule has 0 atom stereocenters. The van der Waals surface area contributed by atoms with Crippen LogP contribution >= 0.6 is 0 Å². The molecule has 1 aromatic rings. The molecule has 3 amide bonds. The molecule has 2 heterocycles. The van der Waals surface area contributed by atoms with Gasteiger partial charge in [0, 0.05) is 37.4 Å². The standard InChI is InChI=1S/C19H25N3O2/c1-14-8-12-22(13-9-14)19(24)20-17-7-5-6-16(15(17)2)18(23)21-10-3-4-11-21/h5-8H,3-4,9-13H2,1-2H3,(H,20,24). The Hall–Kier alpha value is -2.30. The Bertz CT molecular complexity index is 675. The van der Waals surface area contributed by atoms with Gasteiger partial charge in [0.1, 0.15) is 0 Å². The molecule has 0 radical (unpaired) electrons. The molecule has 5 heteroatoms. The van der Waals surface area contributed by atoms with Gasteiger partial charge in [0.05, 0.1) is 0 Å². The van der Waals surface area contributed by atoms with Gasteiger partial charge in [-0.3, -0.25) is 4.79 Å². The largest absolute Gasteiger partial charge is 0.339 e. The zero-order valence-electron chi connectivity index (χ0n) is 14.5. The monoisotopic (exact) mass is 327 g/mol. The summed E-state index contributed by atoms with van der Waals surface area (Å²) in [7, 11) is 0. The van der Waals surface area contributed by atoms with Crippen LogP contribution in [0.25, 0.3) is 0 Å². The Morgan fingerprint density at radius 1 is 1.04 bits per heavy atom. The molecule has 128 valence electrons. The number of anilines is 1. The third kappa shape index (κ3) is 3.45. The Labute approximate surface area is 143 Å². The first-order valence-corrected chi connectivity index (χ1v) is 8.66. The van der Waals surface area contributed by atoms with Crippen LogP contribution in [0, 0.1) is 6.92 Å². The molecule has 0 bridgehead atoms. The number of amides is 3. The molecule has 0 spiro atoms. The number of nitrogens with one attached hydrogen (secondary N) is 1. The van der Waals surface area contributed by atoms with Gasteiger partial charge in [-0.25, -0.2) is 4.79 Å². The van der Waals surface area contributed by atoms with E-state index in [2.05, 4.69) is 18.3 Å². The van der Waals surface area contributed by atoms with Crippen molar-refractivity contribution >= 4 is 17.6 Å². The highest BCUT2D eigenvalue weighted by Crippen LogP contribution is 2.23. The molecule has 0 aliphatic carbocycles. The summed E-state index contributed by atoms with van der Waals surface area (Å²) < 4.78 is 0.